The van der Waals surface area contributed by atoms with E-state index in [0.717, 1.165) is 0 Å². The Morgan fingerprint density at radius 1 is 1.23 bits per heavy atom. The Morgan fingerprint density at radius 2 is 1.86 bits per heavy atom. The first-order chi connectivity index (χ1) is 10.6. The molecule has 0 unspecified atom stereocenters. The second kappa shape index (κ2) is 5.36. The van der Waals surface area contributed by atoms with E-state index in [4.69, 9.17) is 15.6 Å². The Bertz CT molecular complexity index is 840. The highest BCUT2D eigenvalue weighted by Crippen LogP contribution is 2.26. The third-order valence-electron chi connectivity index (χ3n) is 3.16. The van der Waals surface area contributed by atoms with Gasteiger partial charge in [0, 0.05) is 6.07 Å². The van der Waals surface area contributed by atoms with Crippen molar-refractivity contribution in [1.82, 2.24) is 15.0 Å². The topological polar surface area (TPSA) is 103 Å². The fourth-order valence-corrected chi connectivity index (χ4v) is 2.09. The second-order valence-corrected chi connectivity index (χ2v) is 4.65. The predicted molar refractivity (Wildman–Crippen MR) is 81.4 cm³/mol. The van der Waals surface area contributed by atoms with E-state index >= 15 is 0 Å². The summed E-state index contributed by atoms with van der Waals surface area (Å²) in [5.74, 6) is -0.400. The molecule has 1 heterocycles. The smallest absolute Gasteiger partial charge is 0.335 e. The molecule has 0 radical (unpaired) electrons. The Balaban J connectivity index is 2.02. The molecule has 0 bridgehead atoms. The molecular weight excluding hydrogens is 284 g/mol. The minimum Gasteiger partial charge on any atom is -0.492 e. The van der Waals surface area contributed by atoms with Crippen LogP contribution in [0.4, 0.5) is 5.69 Å². The van der Waals surface area contributed by atoms with Crippen molar-refractivity contribution < 1.29 is 14.6 Å². The van der Waals surface area contributed by atoms with Gasteiger partial charge in [-0.25, -0.2) is 4.79 Å². The molecule has 0 saturated carbocycles. The SMILES string of the molecule is CCOc1cc2nn(-c3ccc(C(=O)O)cc3)nc2cc1N. The fraction of sp³-hybridized carbons (Fsp3) is 0.133. The molecule has 0 aliphatic heterocycles. The number of nitrogen functional groups attached to an aromatic ring is 1. The van der Waals surface area contributed by atoms with Crippen molar-refractivity contribution in [3.63, 3.8) is 0 Å². The summed E-state index contributed by atoms with van der Waals surface area (Å²) in [6.07, 6.45) is 0. The van der Waals surface area contributed by atoms with E-state index in [0.29, 0.717) is 34.8 Å². The molecule has 0 saturated heterocycles. The molecule has 3 N–H and O–H groups in total. The van der Waals surface area contributed by atoms with Crippen LogP contribution in [0, 0.1) is 0 Å². The molecule has 112 valence electrons. The van der Waals surface area contributed by atoms with Crippen LogP contribution in [-0.4, -0.2) is 32.7 Å². The lowest BCUT2D eigenvalue weighted by Crippen LogP contribution is -2.00. The lowest BCUT2D eigenvalue weighted by molar-refractivity contribution is 0.0697. The van der Waals surface area contributed by atoms with Gasteiger partial charge >= 0.3 is 5.97 Å². The fourth-order valence-electron chi connectivity index (χ4n) is 2.09. The Labute approximate surface area is 125 Å². The molecule has 0 amide bonds. The van der Waals surface area contributed by atoms with Gasteiger partial charge in [-0.3, -0.25) is 0 Å². The number of carbonyl (C=O) groups is 1. The minimum absolute atomic E-state index is 0.211. The third-order valence-corrected chi connectivity index (χ3v) is 3.16. The Hall–Kier alpha value is -3.09. The number of ether oxygens (including phenoxy) is 1. The normalized spacial score (nSPS) is 10.8. The van der Waals surface area contributed by atoms with Crippen molar-refractivity contribution >= 4 is 22.7 Å². The number of aromatic carboxylic acids is 1. The number of fused-ring (bicyclic) bond motifs is 1. The van der Waals surface area contributed by atoms with Crippen molar-refractivity contribution in [1.29, 1.82) is 0 Å². The zero-order chi connectivity index (χ0) is 15.7. The summed E-state index contributed by atoms with van der Waals surface area (Å²) in [4.78, 5) is 12.3. The van der Waals surface area contributed by atoms with Crippen LogP contribution in [-0.2, 0) is 0 Å². The number of carboxylic acid groups (broad SMARTS) is 1. The van der Waals surface area contributed by atoms with Crippen molar-refractivity contribution in [3.05, 3.63) is 42.0 Å². The average Bonchev–Trinajstić information content (AvgIpc) is 2.90. The zero-order valence-corrected chi connectivity index (χ0v) is 11.9. The molecule has 22 heavy (non-hydrogen) atoms. The summed E-state index contributed by atoms with van der Waals surface area (Å²) >= 11 is 0. The molecule has 3 aromatic rings. The number of hydrogen-bond acceptors (Lipinski definition) is 5. The summed E-state index contributed by atoms with van der Waals surface area (Å²) < 4.78 is 5.43. The first kappa shape index (κ1) is 13.9. The summed E-state index contributed by atoms with van der Waals surface area (Å²) in [6, 6.07) is 9.75. The van der Waals surface area contributed by atoms with Crippen LogP contribution in [0.1, 0.15) is 17.3 Å². The molecule has 0 aliphatic carbocycles. The lowest BCUT2D eigenvalue weighted by atomic mass is 10.2. The molecule has 0 fully saturated rings. The summed E-state index contributed by atoms with van der Waals surface area (Å²) in [7, 11) is 0. The van der Waals surface area contributed by atoms with Gasteiger partial charge in [0.15, 0.2) is 0 Å². The maximum atomic E-state index is 10.9. The molecule has 0 aliphatic rings. The number of hydrogen-bond donors (Lipinski definition) is 2. The number of nitrogens with zero attached hydrogens (tertiary/aromatic N) is 3. The number of aromatic nitrogens is 3. The van der Waals surface area contributed by atoms with Gasteiger partial charge in [0.05, 0.1) is 23.5 Å². The maximum Gasteiger partial charge on any atom is 0.335 e. The van der Waals surface area contributed by atoms with Crippen molar-refractivity contribution in [3.8, 4) is 11.4 Å². The van der Waals surface area contributed by atoms with E-state index in [1.807, 2.05) is 6.92 Å². The van der Waals surface area contributed by atoms with Crippen molar-refractivity contribution in [2.24, 2.45) is 0 Å². The summed E-state index contributed by atoms with van der Waals surface area (Å²) in [5.41, 5.74) is 8.58. The third kappa shape index (κ3) is 2.44. The van der Waals surface area contributed by atoms with Gasteiger partial charge in [-0.15, -0.1) is 10.2 Å². The van der Waals surface area contributed by atoms with E-state index in [-0.39, 0.29) is 5.56 Å². The standard InChI is InChI=1S/C15H14N4O3/c1-2-22-14-8-13-12(7-11(14)16)17-19(18-13)10-5-3-9(4-6-10)15(20)21/h3-8H,2,16H2,1H3,(H,20,21). The zero-order valence-electron chi connectivity index (χ0n) is 11.9. The Morgan fingerprint density at radius 3 is 2.45 bits per heavy atom. The molecule has 3 rings (SSSR count). The van der Waals surface area contributed by atoms with Gasteiger partial charge < -0.3 is 15.6 Å². The molecule has 0 atom stereocenters. The summed E-state index contributed by atoms with van der Waals surface area (Å²) in [5, 5.41) is 17.6. The van der Waals surface area contributed by atoms with E-state index in [1.54, 1.807) is 24.3 Å². The van der Waals surface area contributed by atoms with E-state index in [1.165, 1.54) is 16.9 Å². The van der Waals surface area contributed by atoms with Crippen LogP contribution < -0.4 is 10.5 Å². The molecule has 7 heteroatoms. The number of anilines is 1. The van der Waals surface area contributed by atoms with Crippen LogP contribution in [0.2, 0.25) is 0 Å². The van der Waals surface area contributed by atoms with E-state index in [9.17, 15) is 4.79 Å². The van der Waals surface area contributed by atoms with Crippen LogP contribution in [0.25, 0.3) is 16.7 Å². The molecular formula is C15H14N4O3. The van der Waals surface area contributed by atoms with Gasteiger partial charge in [-0.2, -0.15) is 4.80 Å². The number of carboxylic acids is 1. The highest BCUT2D eigenvalue weighted by atomic mass is 16.5. The lowest BCUT2D eigenvalue weighted by Gasteiger charge is -2.04. The molecule has 1 aromatic heterocycles. The quantitative estimate of drug-likeness (QED) is 0.715. The first-order valence-corrected chi connectivity index (χ1v) is 6.71. The van der Waals surface area contributed by atoms with E-state index in [2.05, 4.69) is 10.2 Å². The number of rotatable bonds is 4. The average molecular weight is 298 g/mol. The predicted octanol–water partition coefficient (Wildman–Crippen LogP) is 2.10. The summed E-state index contributed by atoms with van der Waals surface area (Å²) in [6.45, 7) is 2.39. The second-order valence-electron chi connectivity index (χ2n) is 4.65. The largest absolute Gasteiger partial charge is 0.492 e. The van der Waals surface area contributed by atoms with Gasteiger partial charge in [0.1, 0.15) is 16.8 Å². The van der Waals surface area contributed by atoms with Crippen LogP contribution >= 0.6 is 0 Å². The van der Waals surface area contributed by atoms with E-state index < -0.39 is 5.97 Å². The van der Waals surface area contributed by atoms with Crippen LogP contribution in [0.15, 0.2) is 36.4 Å². The maximum absolute atomic E-state index is 10.9. The van der Waals surface area contributed by atoms with Crippen LogP contribution in [0.3, 0.4) is 0 Å². The number of benzene rings is 2. The monoisotopic (exact) mass is 298 g/mol. The van der Waals surface area contributed by atoms with Gasteiger partial charge in [-0.05, 0) is 37.3 Å². The highest BCUT2D eigenvalue weighted by Gasteiger charge is 2.10. The van der Waals surface area contributed by atoms with Gasteiger partial charge in [0.25, 0.3) is 0 Å². The van der Waals surface area contributed by atoms with Crippen molar-refractivity contribution in [2.45, 2.75) is 6.92 Å². The minimum atomic E-state index is -0.973. The van der Waals surface area contributed by atoms with Crippen molar-refractivity contribution in [2.75, 3.05) is 12.3 Å². The molecule has 2 aromatic carbocycles. The Kier molecular flexibility index (Phi) is 3.38. The van der Waals surface area contributed by atoms with Crippen LogP contribution in [0.5, 0.6) is 5.75 Å². The van der Waals surface area contributed by atoms with Gasteiger partial charge in [0.2, 0.25) is 0 Å². The first-order valence-electron chi connectivity index (χ1n) is 6.71. The molecule has 0 spiro atoms. The molecule has 7 nitrogen and oxygen atoms in total. The number of nitrogens with two attached hydrogens (primary N) is 1. The highest BCUT2D eigenvalue weighted by molar-refractivity contribution is 5.87. The van der Waals surface area contributed by atoms with Gasteiger partial charge in [-0.1, -0.05) is 0 Å².